The number of hydrogen-bond donors (Lipinski definition) is 3. The van der Waals surface area contributed by atoms with Gasteiger partial charge in [-0.25, -0.2) is 4.79 Å². The van der Waals surface area contributed by atoms with E-state index in [0.29, 0.717) is 18.7 Å². The van der Waals surface area contributed by atoms with Crippen LogP contribution in [0.25, 0.3) is 0 Å². The fourth-order valence-corrected chi connectivity index (χ4v) is 1.72. The Kier molecular flexibility index (Phi) is 3.70. The van der Waals surface area contributed by atoms with Crippen molar-refractivity contribution in [2.45, 2.75) is 13.3 Å². The third kappa shape index (κ3) is 3.04. The zero-order chi connectivity index (χ0) is 13.8. The summed E-state index contributed by atoms with van der Waals surface area (Å²) in [4.78, 5) is 11.0. The number of ether oxygens (including phenoxy) is 1. The highest BCUT2D eigenvalue weighted by atomic mass is 16.5. The lowest BCUT2D eigenvalue weighted by molar-refractivity contribution is 0.0697. The molecule has 0 fully saturated rings. The molecule has 2 aromatic rings. The molecule has 0 radical (unpaired) electrons. The van der Waals surface area contributed by atoms with Crippen LogP contribution >= 0.6 is 0 Å². The van der Waals surface area contributed by atoms with Gasteiger partial charge in [0, 0.05) is 6.42 Å². The van der Waals surface area contributed by atoms with Gasteiger partial charge in [0.15, 0.2) is 5.82 Å². The van der Waals surface area contributed by atoms with Crippen molar-refractivity contribution in [1.29, 1.82) is 0 Å². The monoisotopic (exact) mass is 261 g/mol. The number of anilines is 1. The van der Waals surface area contributed by atoms with Crippen LogP contribution in [-0.2, 0) is 6.42 Å². The van der Waals surface area contributed by atoms with E-state index in [1.54, 1.807) is 0 Å². The molecule has 1 aromatic carbocycles. The standard InChI is InChI=1S/C13H15N3O3/c1-8-2-4-9(5-3-8)19-7-6-10-11(13(17)18)12(14)16-15-10/h2-5H,6-7H2,1H3,(H,17,18)(H3,14,15,16). The first-order valence-corrected chi connectivity index (χ1v) is 5.83. The first kappa shape index (κ1) is 12.9. The highest BCUT2D eigenvalue weighted by molar-refractivity contribution is 5.93. The number of nitrogens with two attached hydrogens (primary N) is 1. The van der Waals surface area contributed by atoms with E-state index in [1.807, 2.05) is 31.2 Å². The second-order valence-corrected chi connectivity index (χ2v) is 4.18. The molecule has 0 spiro atoms. The van der Waals surface area contributed by atoms with Gasteiger partial charge in [0.25, 0.3) is 0 Å². The second-order valence-electron chi connectivity index (χ2n) is 4.18. The second kappa shape index (κ2) is 5.43. The van der Waals surface area contributed by atoms with Crippen molar-refractivity contribution in [3.8, 4) is 5.75 Å². The van der Waals surface area contributed by atoms with E-state index in [1.165, 1.54) is 0 Å². The summed E-state index contributed by atoms with van der Waals surface area (Å²) in [5.41, 5.74) is 7.12. The minimum absolute atomic E-state index is 0.00200. The van der Waals surface area contributed by atoms with Gasteiger partial charge >= 0.3 is 5.97 Å². The average Bonchev–Trinajstić information content (AvgIpc) is 2.73. The number of nitrogens with zero attached hydrogens (tertiary/aromatic N) is 1. The SMILES string of the molecule is Cc1ccc(OCCc2[nH]nc(N)c2C(=O)O)cc1. The number of nitrogen functional groups attached to an aromatic ring is 1. The van der Waals surface area contributed by atoms with Gasteiger partial charge in [0.1, 0.15) is 11.3 Å². The van der Waals surface area contributed by atoms with E-state index in [0.717, 1.165) is 11.3 Å². The summed E-state index contributed by atoms with van der Waals surface area (Å²) in [7, 11) is 0. The third-order valence-corrected chi connectivity index (χ3v) is 2.72. The number of aromatic amines is 1. The van der Waals surface area contributed by atoms with Gasteiger partial charge in [0.2, 0.25) is 0 Å². The molecule has 1 heterocycles. The summed E-state index contributed by atoms with van der Waals surface area (Å²) in [6, 6.07) is 7.64. The summed E-state index contributed by atoms with van der Waals surface area (Å²) < 4.78 is 5.53. The number of carboxylic acids is 1. The van der Waals surface area contributed by atoms with Crippen LogP contribution in [0.3, 0.4) is 0 Å². The molecule has 0 saturated heterocycles. The summed E-state index contributed by atoms with van der Waals surface area (Å²) in [5, 5.41) is 15.3. The Morgan fingerprint density at radius 3 is 2.74 bits per heavy atom. The number of H-pyrrole nitrogens is 1. The largest absolute Gasteiger partial charge is 0.493 e. The lowest BCUT2D eigenvalue weighted by atomic mass is 10.2. The Balaban J connectivity index is 1.96. The van der Waals surface area contributed by atoms with Crippen LogP contribution in [0.4, 0.5) is 5.82 Å². The Hall–Kier alpha value is -2.50. The van der Waals surface area contributed by atoms with Crippen LogP contribution in [0.1, 0.15) is 21.6 Å². The van der Waals surface area contributed by atoms with E-state index >= 15 is 0 Å². The molecule has 0 unspecified atom stereocenters. The molecule has 0 amide bonds. The number of aromatic nitrogens is 2. The van der Waals surface area contributed by atoms with Crippen LogP contribution in [0.5, 0.6) is 5.75 Å². The van der Waals surface area contributed by atoms with Gasteiger partial charge in [-0.3, -0.25) is 5.10 Å². The molecule has 0 aliphatic rings. The molecule has 6 heteroatoms. The molecule has 100 valence electrons. The molecule has 2 rings (SSSR count). The Bertz CT molecular complexity index is 575. The lowest BCUT2D eigenvalue weighted by Crippen LogP contribution is -2.07. The number of carboxylic acid groups (broad SMARTS) is 1. The highest BCUT2D eigenvalue weighted by Crippen LogP contribution is 2.15. The normalized spacial score (nSPS) is 10.4. The Morgan fingerprint density at radius 2 is 2.11 bits per heavy atom. The summed E-state index contributed by atoms with van der Waals surface area (Å²) in [6.45, 7) is 2.35. The van der Waals surface area contributed by atoms with Gasteiger partial charge in [0.05, 0.1) is 12.3 Å². The van der Waals surface area contributed by atoms with Gasteiger partial charge in [-0.1, -0.05) is 17.7 Å². The predicted molar refractivity (Wildman–Crippen MR) is 70.3 cm³/mol. The quantitative estimate of drug-likeness (QED) is 0.759. The van der Waals surface area contributed by atoms with Crippen molar-refractivity contribution < 1.29 is 14.6 Å². The van der Waals surface area contributed by atoms with Gasteiger partial charge in [-0.15, -0.1) is 0 Å². The number of hydrogen-bond acceptors (Lipinski definition) is 4. The topological polar surface area (TPSA) is 101 Å². The minimum Gasteiger partial charge on any atom is -0.493 e. The van der Waals surface area contributed by atoms with Crippen molar-refractivity contribution in [3.05, 3.63) is 41.1 Å². The van der Waals surface area contributed by atoms with E-state index in [2.05, 4.69) is 10.2 Å². The third-order valence-electron chi connectivity index (χ3n) is 2.72. The predicted octanol–water partition coefficient (Wildman–Crippen LogP) is 1.62. The summed E-state index contributed by atoms with van der Waals surface area (Å²) >= 11 is 0. The molecule has 4 N–H and O–H groups in total. The van der Waals surface area contributed by atoms with Gasteiger partial charge in [-0.2, -0.15) is 5.10 Å². The molecule has 0 aliphatic carbocycles. The summed E-state index contributed by atoms with van der Waals surface area (Å²) in [5.74, 6) is -0.343. The highest BCUT2D eigenvalue weighted by Gasteiger charge is 2.17. The van der Waals surface area contributed by atoms with E-state index in [4.69, 9.17) is 15.6 Å². The molecule has 19 heavy (non-hydrogen) atoms. The van der Waals surface area contributed by atoms with Crippen molar-refractivity contribution >= 4 is 11.8 Å². The Labute approximate surface area is 110 Å². The maximum absolute atomic E-state index is 11.0. The van der Waals surface area contributed by atoms with Crippen molar-refractivity contribution in [1.82, 2.24) is 10.2 Å². The fraction of sp³-hybridized carbons (Fsp3) is 0.231. The lowest BCUT2D eigenvalue weighted by Gasteiger charge is -2.06. The Morgan fingerprint density at radius 1 is 1.42 bits per heavy atom. The van der Waals surface area contributed by atoms with Crippen LogP contribution in [0.15, 0.2) is 24.3 Å². The molecule has 1 aromatic heterocycles. The fourth-order valence-electron chi connectivity index (χ4n) is 1.72. The number of carbonyl (C=O) groups is 1. The number of aryl methyl sites for hydroxylation is 1. The van der Waals surface area contributed by atoms with Crippen molar-refractivity contribution in [3.63, 3.8) is 0 Å². The molecule has 6 nitrogen and oxygen atoms in total. The smallest absolute Gasteiger partial charge is 0.341 e. The number of benzene rings is 1. The number of rotatable bonds is 5. The van der Waals surface area contributed by atoms with Crippen LogP contribution < -0.4 is 10.5 Å². The number of aromatic carboxylic acids is 1. The zero-order valence-electron chi connectivity index (χ0n) is 10.5. The first-order chi connectivity index (χ1) is 9.08. The number of nitrogens with one attached hydrogen (secondary N) is 1. The average molecular weight is 261 g/mol. The minimum atomic E-state index is -1.09. The molecular weight excluding hydrogens is 246 g/mol. The van der Waals surface area contributed by atoms with E-state index in [-0.39, 0.29) is 11.4 Å². The molecule has 0 aliphatic heterocycles. The maximum Gasteiger partial charge on any atom is 0.341 e. The van der Waals surface area contributed by atoms with Crippen LogP contribution in [0.2, 0.25) is 0 Å². The van der Waals surface area contributed by atoms with Gasteiger partial charge < -0.3 is 15.6 Å². The van der Waals surface area contributed by atoms with Crippen molar-refractivity contribution in [2.24, 2.45) is 0 Å². The summed E-state index contributed by atoms with van der Waals surface area (Å²) in [6.07, 6.45) is 0.402. The van der Waals surface area contributed by atoms with Crippen LogP contribution in [0, 0.1) is 6.92 Å². The maximum atomic E-state index is 11.0. The molecule has 0 atom stereocenters. The zero-order valence-corrected chi connectivity index (χ0v) is 10.5. The van der Waals surface area contributed by atoms with Crippen molar-refractivity contribution in [2.75, 3.05) is 12.3 Å². The molecule has 0 saturated carbocycles. The van der Waals surface area contributed by atoms with E-state index < -0.39 is 5.97 Å². The van der Waals surface area contributed by atoms with E-state index in [9.17, 15) is 4.79 Å². The first-order valence-electron chi connectivity index (χ1n) is 5.83. The molecule has 0 bridgehead atoms. The van der Waals surface area contributed by atoms with Crippen LogP contribution in [-0.4, -0.2) is 27.9 Å². The van der Waals surface area contributed by atoms with Gasteiger partial charge in [-0.05, 0) is 19.1 Å². The molecular formula is C13H15N3O3.